The fourth-order valence-electron chi connectivity index (χ4n) is 11.0. The number of hydrogen-bond donors (Lipinski definition) is 0. The Labute approximate surface area is 474 Å². The van der Waals surface area contributed by atoms with Crippen molar-refractivity contribution >= 4 is 56.0 Å². The van der Waals surface area contributed by atoms with Crippen LogP contribution in [0.25, 0.3) is 0 Å². The summed E-state index contributed by atoms with van der Waals surface area (Å²) in [6.45, 7) is 9.27. The molecule has 9 heteroatoms. The van der Waals surface area contributed by atoms with E-state index >= 15 is 0 Å². The first-order valence-corrected chi connectivity index (χ1v) is 26.7. The van der Waals surface area contributed by atoms with E-state index in [4.69, 9.17) is 10.5 Å². The van der Waals surface area contributed by atoms with E-state index in [-0.39, 0.29) is 16.5 Å². The summed E-state index contributed by atoms with van der Waals surface area (Å²) in [7, 11) is 0. The third kappa shape index (κ3) is 15.6. The summed E-state index contributed by atoms with van der Waals surface area (Å²) in [5.74, 6) is 0. The number of benzene rings is 8. The summed E-state index contributed by atoms with van der Waals surface area (Å²) >= 11 is 0. The Kier molecular flexibility index (Phi) is 24.3. The Morgan fingerprint density at radius 1 is 0.321 bits per heavy atom. The quantitative estimate of drug-likeness (QED) is 0.114. The van der Waals surface area contributed by atoms with Gasteiger partial charge in [0, 0.05) is 52.4 Å². The van der Waals surface area contributed by atoms with E-state index in [1.165, 1.54) is 64.0 Å². The summed E-state index contributed by atoms with van der Waals surface area (Å²) in [5, 5.41) is 14.6. The molecule has 6 nitrogen and oxygen atoms in total. The van der Waals surface area contributed by atoms with Gasteiger partial charge in [-0.05, 0) is 43.8 Å². The maximum Gasteiger partial charge on any atom is 2.00 e. The van der Waals surface area contributed by atoms with Crippen LogP contribution in [0.2, 0.25) is 0 Å². The molecule has 0 bridgehead atoms. The molecule has 2 aromatic heterocycles. The van der Waals surface area contributed by atoms with E-state index in [1.807, 2.05) is 24.5 Å². The number of nitriles is 2. The van der Waals surface area contributed by atoms with Crippen molar-refractivity contribution in [2.24, 2.45) is 0 Å². The van der Waals surface area contributed by atoms with Gasteiger partial charge in [0.15, 0.2) is 0 Å². The molecule has 78 heavy (non-hydrogen) atoms. The van der Waals surface area contributed by atoms with E-state index in [0.717, 1.165) is 50.7 Å². The van der Waals surface area contributed by atoms with E-state index in [0.29, 0.717) is 0 Å². The van der Waals surface area contributed by atoms with Crippen molar-refractivity contribution in [3.05, 3.63) is 303 Å². The molecule has 11 rings (SSSR count). The molecule has 1 aliphatic rings. The molecular weight excluding hydrogens is 993 g/mol. The van der Waals surface area contributed by atoms with Crippen LogP contribution in [-0.4, -0.2) is 58.2 Å². The summed E-state index contributed by atoms with van der Waals surface area (Å²) in [5.41, 5.74) is 13.0. The molecule has 3 heterocycles. The zero-order valence-electron chi connectivity index (χ0n) is 44.8. The number of rotatable bonds is 12. The summed E-state index contributed by atoms with van der Waals surface area (Å²) in [6, 6.07) is 103. The van der Waals surface area contributed by atoms with Crippen molar-refractivity contribution < 1.29 is 16.5 Å². The smallest absolute Gasteiger partial charge is 0.296 e. The van der Waals surface area contributed by atoms with Crippen molar-refractivity contribution in [1.29, 1.82) is 10.5 Å². The first-order chi connectivity index (χ1) is 38.1. The van der Waals surface area contributed by atoms with Crippen LogP contribution in [0.15, 0.2) is 291 Å². The minimum Gasteiger partial charge on any atom is -0.296 e. The molecule has 8 aromatic carbocycles. The van der Waals surface area contributed by atoms with Gasteiger partial charge in [-0.3, -0.25) is 19.8 Å². The SMILES string of the molecule is CC#N.CC#N.[Ni+2].c1ccc(CN2CCCN(Cc3ccccn3)CC2)nc1.c1ccc([B-](c2ccccc2)(c2ccccc2)c2ccccc2)cc1.c1ccc([B-](c2ccccc2)(c2ccccc2)c2ccccc2)cc1. The molecule has 0 N–H and O–H groups in total. The van der Waals surface area contributed by atoms with Crippen molar-refractivity contribution in [1.82, 2.24) is 19.8 Å². The zero-order chi connectivity index (χ0) is 53.6. The second-order valence-electron chi connectivity index (χ2n) is 19.0. The van der Waals surface area contributed by atoms with Crippen LogP contribution in [0.4, 0.5) is 0 Å². The van der Waals surface area contributed by atoms with Crippen LogP contribution in [0, 0.1) is 22.7 Å². The van der Waals surface area contributed by atoms with Gasteiger partial charge in [-0.2, -0.15) is 54.2 Å². The first kappa shape index (κ1) is 58.8. The van der Waals surface area contributed by atoms with Crippen molar-refractivity contribution in [2.75, 3.05) is 26.2 Å². The normalized spacial score (nSPS) is 12.1. The van der Waals surface area contributed by atoms with E-state index in [2.05, 4.69) is 287 Å². The standard InChI is InChI=1S/2C24H20B.C17H22N4.2C2H3N.Ni/c2*1-5-13-21(14-6-1)25(22-15-7-2-8-16-22,23-17-9-3-10-18-23)24-19-11-4-12-20-24;1-3-8-18-16(6-1)14-20-10-5-11-21(13-12-20)15-17-7-2-4-9-19-17;2*1-2-3;/h2*1-20H;1-4,6-9H,5,10-15H2;2*1H3;/q2*-1;;;;+2. The van der Waals surface area contributed by atoms with Gasteiger partial charge in [0.1, 0.15) is 12.3 Å². The van der Waals surface area contributed by atoms with Gasteiger partial charge < -0.3 is 0 Å². The third-order valence-electron chi connectivity index (χ3n) is 14.3. The van der Waals surface area contributed by atoms with Gasteiger partial charge >= 0.3 is 16.5 Å². The molecule has 1 fully saturated rings. The van der Waals surface area contributed by atoms with Crippen molar-refractivity contribution in [3.8, 4) is 12.1 Å². The topological polar surface area (TPSA) is 79.8 Å². The average molecular weight is 1060 g/mol. The average Bonchev–Trinajstić information content (AvgIpc) is 3.84. The van der Waals surface area contributed by atoms with Gasteiger partial charge in [-0.1, -0.05) is 255 Å². The Bertz CT molecular complexity index is 2700. The van der Waals surface area contributed by atoms with Gasteiger partial charge in [0.2, 0.25) is 0 Å². The van der Waals surface area contributed by atoms with E-state index in [1.54, 1.807) is 12.1 Å². The number of aromatic nitrogens is 2. The minimum atomic E-state index is -1.22. The van der Waals surface area contributed by atoms with Gasteiger partial charge in [-0.25, -0.2) is 0 Å². The fourth-order valence-corrected chi connectivity index (χ4v) is 11.0. The predicted molar refractivity (Wildman–Crippen MR) is 326 cm³/mol. The van der Waals surface area contributed by atoms with Crippen LogP contribution in [0.1, 0.15) is 31.7 Å². The van der Waals surface area contributed by atoms with E-state index in [9.17, 15) is 0 Å². The molecule has 1 saturated heterocycles. The molecule has 0 saturated carbocycles. The van der Waals surface area contributed by atoms with Crippen molar-refractivity contribution in [2.45, 2.75) is 33.4 Å². The second-order valence-corrected chi connectivity index (χ2v) is 19.0. The monoisotopic (exact) mass is 1060 g/mol. The zero-order valence-corrected chi connectivity index (χ0v) is 45.8. The van der Waals surface area contributed by atoms with Gasteiger partial charge in [0.25, 0.3) is 0 Å². The largest absolute Gasteiger partial charge is 2.00 e. The molecule has 0 amide bonds. The van der Waals surface area contributed by atoms with Crippen LogP contribution < -0.4 is 43.7 Å². The van der Waals surface area contributed by atoms with Crippen LogP contribution >= 0.6 is 0 Å². The van der Waals surface area contributed by atoms with Crippen LogP contribution in [0.5, 0.6) is 0 Å². The number of nitrogens with zero attached hydrogens (tertiary/aromatic N) is 6. The molecule has 390 valence electrons. The van der Waals surface area contributed by atoms with Crippen LogP contribution in [0.3, 0.4) is 0 Å². The fraction of sp³-hybridized carbons (Fsp3) is 0.130. The van der Waals surface area contributed by atoms with Gasteiger partial charge in [0.05, 0.1) is 23.5 Å². The summed E-state index contributed by atoms with van der Waals surface area (Å²) in [4.78, 5) is 13.9. The summed E-state index contributed by atoms with van der Waals surface area (Å²) < 4.78 is 0. The maximum absolute atomic E-state index is 7.32. The number of pyridine rings is 2. The molecular formula is C69H68B2N6Ni. The number of hydrogen-bond acceptors (Lipinski definition) is 6. The van der Waals surface area contributed by atoms with E-state index < -0.39 is 12.3 Å². The first-order valence-electron chi connectivity index (χ1n) is 26.7. The molecule has 1 aliphatic heterocycles. The molecule has 0 spiro atoms. The Hall–Kier alpha value is -8.42. The Morgan fingerprint density at radius 2 is 0.513 bits per heavy atom. The molecule has 0 atom stereocenters. The second kappa shape index (κ2) is 32.2. The Balaban J connectivity index is 0.000000179. The third-order valence-corrected chi connectivity index (χ3v) is 14.3. The maximum atomic E-state index is 7.32. The molecule has 10 aromatic rings. The van der Waals surface area contributed by atoms with Crippen LogP contribution in [-0.2, 0) is 29.6 Å². The van der Waals surface area contributed by atoms with Crippen molar-refractivity contribution in [3.63, 3.8) is 0 Å². The Morgan fingerprint density at radius 3 is 0.692 bits per heavy atom. The molecule has 0 unspecified atom stereocenters. The predicted octanol–water partition coefficient (Wildman–Crippen LogP) is 9.37. The molecule has 0 radical (unpaired) electrons. The summed E-state index contributed by atoms with van der Waals surface area (Å²) in [6.07, 6.45) is 2.53. The minimum absolute atomic E-state index is 0. The van der Waals surface area contributed by atoms with Gasteiger partial charge in [-0.15, -0.1) is 0 Å². The molecule has 0 aliphatic carbocycles.